The van der Waals surface area contributed by atoms with Gasteiger partial charge in [-0.2, -0.15) is 0 Å². The first-order valence-corrected chi connectivity index (χ1v) is 13.9. The number of benzene rings is 2. The number of rotatable bonds is 6. The predicted molar refractivity (Wildman–Crippen MR) is 150 cm³/mol. The van der Waals surface area contributed by atoms with E-state index in [0.29, 0.717) is 10.0 Å². The van der Waals surface area contributed by atoms with Crippen LogP contribution in [0.15, 0.2) is 59.1 Å². The number of pyridine rings is 1. The third kappa shape index (κ3) is 4.85. The molecular weight excluding hydrogens is 515 g/mol. The van der Waals surface area contributed by atoms with Gasteiger partial charge < -0.3 is 0 Å². The molecule has 35 heavy (non-hydrogen) atoms. The Kier molecular flexibility index (Phi) is 6.91. The Morgan fingerprint density at radius 3 is 2.49 bits per heavy atom. The van der Waals surface area contributed by atoms with Crippen molar-refractivity contribution in [3.05, 3.63) is 80.6 Å². The summed E-state index contributed by atoms with van der Waals surface area (Å²) in [6.45, 7) is 8.59. The number of thiophene rings is 1. The molecule has 0 aliphatic carbocycles. The summed E-state index contributed by atoms with van der Waals surface area (Å²) in [5.74, 6) is 1.57. The molecule has 0 saturated carbocycles. The first-order valence-electron chi connectivity index (χ1n) is 11.3. The summed E-state index contributed by atoms with van der Waals surface area (Å²) in [6, 6.07) is 16.6. The highest BCUT2D eigenvalue weighted by Gasteiger charge is 2.21. The minimum absolute atomic E-state index is 0.177. The molecule has 8 heteroatoms. The van der Waals surface area contributed by atoms with Gasteiger partial charge in [-0.25, -0.2) is 4.98 Å². The van der Waals surface area contributed by atoms with E-state index in [0.717, 1.165) is 49.3 Å². The summed E-state index contributed by atoms with van der Waals surface area (Å²) in [4.78, 5) is 6.14. The fourth-order valence-corrected chi connectivity index (χ4v) is 6.04. The van der Waals surface area contributed by atoms with Crippen LogP contribution in [0.3, 0.4) is 0 Å². The first kappa shape index (κ1) is 24.3. The van der Waals surface area contributed by atoms with Gasteiger partial charge in [-0.3, -0.25) is 4.57 Å². The van der Waals surface area contributed by atoms with Crippen LogP contribution in [0.2, 0.25) is 10.0 Å². The van der Waals surface area contributed by atoms with Crippen LogP contribution in [0.1, 0.15) is 36.6 Å². The van der Waals surface area contributed by atoms with E-state index in [1.807, 2.05) is 18.2 Å². The number of fused-ring (bicyclic) bond motifs is 1. The van der Waals surface area contributed by atoms with Gasteiger partial charge in [0.05, 0.1) is 26.1 Å². The second kappa shape index (κ2) is 9.94. The van der Waals surface area contributed by atoms with Crippen molar-refractivity contribution in [3.8, 4) is 22.0 Å². The lowest BCUT2D eigenvalue weighted by molar-refractivity contribution is 0.555. The van der Waals surface area contributed by atoms with Crippen molar-refractivity contribution in [2.24, 2.45) is 0 Å². The third-order valence-electron chi connectivity index (χ3n) is 5.97. The van der Waals surface area contributed by atoms with E-state index in [9.17, 15) is 0 Å². The van der Waals surface area contributed by atoms with Crippen molar-refractivity contribution in [2.75, 3.05) is 0 Å². The molecule has 0 unspecified atom stereocenters. The maximum atomic E-state index is 6.22. The molecule has 2 aromatic carbocycles. The van der Waals surface area contributed by atoms with Gasteiger partial charge in [-0.15, -0.1) is 21.5 Å². The van der Waals surface area contributed by atoms with Gasteiger partial charge in [0.2, 0.25) is 0 Å². The second-order valence-electron chi connectivity index (χ2n) is 8.79. The Balaban J connectivity index is 1.62. The van der Waals surface area contributed by atoms with Crippen molar-refractivity contribution >= 4 is 57.2 Å². The zero-order valence-corrected chi connectivity index (χ0v) is 23.0. The zero-order chi connectivity index (χ0) is 24.7. The molecular formula is C27H24Cl2N4S2. The van der Waals surface area contributed by atoms with Gasteiger partial charge >= 0.3 is 0 Å². The smallest absolute Gasteiger partial charge is 0.192 e. The number of hydrogen-bond acceptors (Lipinski definition) is 5. The van der Waals surface area contributed by atoms with E-state index in [4.69, 9.17) is 33.3 Å². The largest absolute Gasteiger partial charge is 0.299 e. The molecule has 178 valence electrons. The average molecular weight is 540 g/mol. The van der Waals surface area contributed by atoms with E-state index < -0.39 is 0 Å². The zero-order valence-electron chi connectivity index (χ0n) is 19.8. The van der Waals surface area contributed by atoms with Crippen LogP contribution in [0.5, 0.6) is 0 Å². The lowest BCUT2D eigenvalue weighted by atomic mass is 10.0. The Hall–Kier alpha value is -2.38. The molecule has 0 N–H and O–H groups in total. The van der Waals surface area contributed by atoms with Crippen molar-refractivity contribution in [1.82, 2.24) is 19.7 Å². The number of halogens is 2. The van der Waals surface area contributed by atoms with E-state index >= 15 is 0 Å². The minimum Gasteiger partial charge on any atom is -0.299 e. The molecule has 3 heterocycles. The highest BCUT2D eigenvalue weighted by molar-refractivity contribution is 7.98. The van der Waals surface area contributed by atoms with E-state index in [-0.39, 0.29) is 6.04 Å². The Bertz CT molecular complexity index is 1520. The summed E-state index contributed by atoms with van der Waals surface area (Å²) in [7, 11) is 0. The lowest BCUT2D eigenvalue weighted by Crippen LogP contribution is -2.06. The SMILES string of the molecule is Cc1cc2nc(-c3cccs3)cc(-c3nnc(SCc4ccc(Cl)c(Cl)c4)n3C(C)C)c2cc1C. The summed E-state index contributed by atoms with van der Waals surface area (Å²) in [5.41, 5.74) is 6.51. The van der Waals surface area contributed by atoms with Gasteiger partial charge in [-0.05, 0) is 86.2 Å². The molecule has 0 bridgehead atoms. The summed E-state index contributed by atoms with van der Waals surface area (Å²) in [5, 5.41) is 14.5. The number of aryl methyl sites for hydroxylation is 2. The number of aromatic nitrogens is 4. The van der Waals surface area contributed by atoms with Crippen LogP contribution >= 0.6 is 46.3 Å². The van der Waals surface area contributed by atoms with E-state index in [1.54, 1.807) is 23.1 Å². The monoisotopic (exact) mass is 538 g/mol. The van der Waals surface area contributed by atoms with Crippen molar-refractivity contribution in [3.63, 3.8) is 0 Å². The summed E-state index contributed by atoms with van der Waals surface area (Å²) < 4.78 is 2.21. The fraction of sp³-hybridized carbons (Fsp3) is 0.222. The quantitative estimate of drug-likeness (QED) is 0.202. The molecule has 4 nitrogen and oxygen atoms in total. The maximum absolute atomic E-state index is 6.22. The first-order chi connectivity index (χ1) is 16.8. The molecule has 0 radical (unpaired) electrons. The summed E-state index contributed by atoms with van der Waals surface area (Å²) >= 11 is 15.6. The third-order valence-corrected chi connectivity index (χ3v) is 8.62. The van der Waals surface area contributed by atoms with Crippen molar-refractivity contribution < 1.29 is 0 Å². The summed E-state index contributed by atoms with van der Waals surface area (Å²) in [6.07, 6.45) is 0. The number of hydrogen-bond donors (Lipinski definition) is 0. The topological polar surface area (TPSA) is 43.6 Å². The molecule has 0 atom stereocenters. The maximum Gasteiger partial charge on any atom is 0.192 e. The molecule has 0 aliphatic heterocycles. The normalized spacial score (nSPS) is 11.6. The molecule has 5 rings (SSSR count). The van der Waals surface area contributed by atoms with Crippen molar-refractivity contribution in [1.29, 1.82) is 0 Å². The predicted octanol–water partition coefficient (Wildman–Crippen LogP) is 9.02. The van der Waals surface area contributed by atoms with Gasteiger partial charge in [0.15, 0.2) is 11.0 Å². The van der Waals surface area contributed by atoms with Gasteiger partial charge in [0, 0.05) is 22.7 Å². The van der Waals surface area contributed by atoms with Gasteiger partial charge in [-0.1, -0.05) is 47.1 Å². The Labute approximate surface area is 223 Å². The van der Waals surface area contributed by atoms with Crippen LogP contribution in [-0.2, 0) is 5.75 Å². The van der Waals surface area contributed by atoms with E-state index in [1.165, 1.54) is 11.1 Å². The van der Waals surface area contributed by atoms with Gasteiger partial charge in [0.1, 0.15) is 0 Å². The number of nitrogens with zero attached hydrogens (tertiary/aromatic N) is 4. The second-order valence-corrected chi connectivity index (χ2v) is 11.5. The molecule has 0 fully saturated rings. The number of thioether (sulfide) groups is 1. The molecule has 0 spiro atoms. The van der Waals surface area contributed by atoms with Crippen LogP contribution in [0.4, 0.5) is 0 Å². The molecule has 0 aliphatic rings. The lowest BCUT2D eigenvalue weighted by Gasteiger charge is -2.16. The molecule has 0 amide bonds. The minimum atomic E-state index is 0.177. The molecule has 5 aromatic rings. The fourth-order valence-electron chi connectivity index (χ4n) is 4.02. The highest BCUT2D eigenvalue weighted by Crippen LogP contribution is 2.37. The molecule has 0 saturated heterocycles. The Morgan fingerprint density at radius 1 is 0.971 bits per heavy atom. The van der Waals surface area contributed by atoms with E-state index in [2.05, 4.69) is 73.1 Å². The van der Waals surface area contributed by atoms with Gasteiger partial charge in [0.25, 0.3) is 0 Å². The standard InChI is InChI=1S/C27H24Cl2N4S2/c1-15(2)33-26(31-32-27(33)35-14-18-7-8-21(28)22(29)12-18)20-13-24(25-6-5-9-34-25)30-23-11-17(4)16(3)10-19(20)23/h5-13,15H,14H2,1-4H3. The van der Waals surface area contributed by atoms with Crippen LogP contribution in [-0.4, -0.2) is 19.7 Å². The molecule has 3 aromatic heterocycles. The van der Waals surface area contributed by atoms with Crippen LogP contribution < -0.4 is 0 Å². The Morgan fingerprint density at radius 2 is 1.77 bits per heavy atom. The van der Waals surface area contributed by atoms with Crippen LogP contribution in [0, 0.1) is 13.8 Å². The highest BCUT2D eigenvalue weighted by atomic mass is 35.5. The average Bonchev–Trinajstić information content (AvgIpc) is 3.50. The van der Waals surface area contributed by atoms with Crippen molar-refractivity contribution in [2.45, 2.75) is 44.6 Å². The van der Waals surface area contributed by atoms with Crippen LogP contribution in [0.25, 0.3) is 32.9 Å².